The Morgan fingerprint density at radius 1 is 1.41 bits per heavy atom. The number of halogens is 1. The van der Waals surface area contributed by atoms with Gasteiger partial charge in [-0.3, -0.25) is 4.98 Å². The molecule has 2 atom stereocenters. The highest BCUT2D eigenvalue weighted by Crippen LogP contribution is 2.27. The van der Waals surface area contributed by atoms with Crippen molar-refractivity contribution in [1.82, 2.24) is 4.98 Å². The lowest BCUT2D eigenvalue weighted by molar-refractivity contribution is 0.385. The molecule has 1 aromatic heterocycles. The standard InChI is InChI=1S/C14H23ClN2/c1-3-5-7-11(4-2)10-13(16)14-12(15)8-6-9-17-14/h6,8-9,11,13H,3-5,7,10,16H2,1-2H3. The van der Waals surface area contributed by atoms with Crippen molar-refractivity contribution in [2.75, 3.05) is 0 Å². The number of nitrogens with zero attached hydrogens (tertiary/aromatic N) is 1. The molecule has 1 aromatic rings. The molecule has 1 heterocycles. The number of rotatable bonds is 7. The van der Waals surface area contributed by atoms with E-state index in [0.717, 1.165) is 12.1 Å². The van der Waals surface area contributed by atoms with Crippen molar-refractivity contribution in [2.45, 2.75) is 52.0 Å². The molecule has 0 bridgehead atoms. The first-order valence-corrected chi connectivity index (χ1v) is 6.92. The molecule has 0 radical (unpaired) electrons. The number of hydrogen-bond acceptors (Lipinski definition) is 2. The van der Waals surface area contributed by atoms with Gasteiger partial charge in [-0.25, -0.2) is 0 Å². The predicted molar refractivity (Wildman–Crippen MR) is 74.1 cm³/mol. The van der Waals surface area contributed by atoms with E-state index in [1.54, 1.807) is 6.20 Å². The lowest BCUT2D eigenvalue weighted by Gasteiger charge is -2.19. The monoisotopic (exact) mass is 254 g/mol. The highest BCUT2D eigenvalue weighted by molar-refractivity contribution is 6.31. The average Bonchev–Trinajstić information content (AvgIpc) is 2.34. The summed E-state index contributed by atoms with van der Waals surface area (Å²) < 4.78 is 0. The SMILES string of the molecule is CCCCC(CC)CC(N)c1ncccc1Cl. The van der Waals surface area contributed by atoms with E-state index < -0.39 is 0 Å². The van der Waals surface area contributed by atoms with Gasteiger partial charge in [-0.15, -0.1) is 0 Å². The van der Waals surface area contributed by atoms with Crippen molar-refractivity contribution in [2.24, 2.45) is 11.7 Å². The molecule has 2 N–H and O–H groups in total. The third-order valence-electron chi connectivity index (χ3n) is 3.27. The Morgan fingerprint density at radius 3 is 2.76 bits per heavy atom. The zero-order valence-electron chi connectivity index (χ0n) is 10.8. The Labute approximate surface area is 110 Å². The van der Waals surface area contributed by atoms with Gasteiger partial charge in [0.15, 0.2) is 0 Å². The molecule has 96 valence electrons. The molecular weight excluding hydrogens is 232 g/mol. The first kappa shape index (κ1) is 14.5. The smallest absolute Gasteiger partial charge is 0.0756 e. The molecular formula is C14H23ClN2. The van der Waals surface area contributed by atoms with Crippen LogP contribution in [0.3, 0.4) is 0 Å². The average molecular weight is 255 g/mol. The van der Waals surface area contributed by atoms with Gasteiger partial charge in [0.2, 0.25) is 0 Å². The maximum Gasteiger partial charge on any atom is 0.0756 e. The Balaban J connectivity index is 2.58. The second-order valence-corrected chi connectivity index (χ2v) is 5.04. The largest absolute Gasteiger partial charge is 0.323 e. The minimum atomic E-state index is -0.0366. The summed E-state index contributed by atoms with van der Waals surface area (Å²) in [4.78, 5) is 4.29. The summed E-state index contributed by atoms with van der Waals surface area (Å²) in [7, 11) is 0. The van der Waals surface area contributed by atoms with E-state index in [2.05, 4.69) is 18.8 Å². The molecule has 3 heteroatoms. The number of pyridine rings is 1. The Kier molecular flexibility index (Phi) is 6.53. The fraction of sp³-hybridized carbons (Fsp3) is 0.643. The van der Waals surface area contributed by atoms with Crippen LogP contribution in [0.15, 0.2) is 18.3 Å². The molecule has 1 rings (SSSR count). The van der Waals surface area contributed by atoms with Crippen LogP contribution < -0.4 is 5.73 Å². The van der Waals surface area contributed by atoms with Gasteiger partial charge in [0.05, 0.1) is 10.7 Å². The van der Waals surface area contributed by atoms with E-state index in [9.17, 15) is 0 Å². The molecule has 0 saturated carbocycles. The van der Waals surface area contributed by atoms with Crippen LogP contribution in [0.1, 0.15) is 57.7 Å². The topological polar surface area (TPSA) is 38.9 Å². The lowest BCUT2D eigenvalue weighted by atomic mass is 9.91. The summed E-state index contributed by atoms with van der Waals surface area (Å²) in [5.41, 5.74) is 7.03. The molecule has 0 saturated heterocycles. The van der Waals surface area contributed by atoms with Crippen molar-refractivity contribution in [3.63, 3.8) is 0 Å². The van der Waals surface area contributed by atoms with Gasteiger partial charge in [-0.05, 0) is 24.5 Å². The van der Waals surface area contributed by atoms with Crippen molar-refractivity contribution < 1.29 is 0 Å². The molecule has 0 fully saturated rings. The maximum absolute atomic E-state index is 6.20. The zero-order chi connectivity index (χ0) is 12.7. The van der Waals surface area contributed by atoms with Crippen LogP contribution in [0, 0.1) is 5.92 Å². The second-order valence-electron chi connectivity index (χ2n) is 4.63. The number of unbranched alkanes of at least 4 members (excludes halogenated alkanes) is 1. The molecule has 2 nitrogen and oxygen atoms in total. The van der Waals surface area contributed by atoms with Gasteiger partial charge >= 0.3 is 0 Å². The van der Waals surface area contributed by atoms with Crippen molar-refractivity contribution >= 4 is 11.6 Å². The second kappa shape index (κ2) is 7.67. The normalized spacial score (nSPS) is 14.6. The van der Waals surface area contributed by atoms with Gasteiger partial charge in [-0.2, -0.15) is 0 Å². The van der Waals surface area contributed by atoms with Crippen LogP contribution in [-0.2, 0) is 0 Å². The van der Waals surface area contributed by atoms with Gasteiger partial charge in [0.25, 0.3) is 0 Å². The number of aromatic nitrogens is 1. The van der Waals surface area contributed by atoms with Crippen LogP contribution in [0.2, 0.25) is 5.02 Å². The summed E-state index contributed by atoms with van der Waals surface area (Å²) in [5.74, 6) is 0.683. The molecule has 0 amide bonds. The van der Waals surface area contributed by atoms with Gasteiger partial charge in [0, 0.05) is 12.2 Å². The predicted octanol–water partition coefficient (Wildman–Crippen LogP) is 4.34. The highest BCUT2D eigenvalue weighted by atomic mass is 35.5. The number of nitrogens with two attached hydrogens (primary N) is 1. The van der Waals surface area contributed by atoms with E-state index >= 15 is 0 Å². The van der Waals surface area contributed by atoms with E-state index in [1.807, 2.05) is 12.1 Å². The van der Waals surface area contributed by atoms with Crippen LogP contribution in [0.4, 0.5) is 0 Å². The minimum Gasteiger partial charge on any atom is -0.323 e. The molecule has 0 aromatic carbocycles. The summed E-state index contributed by atoms with van der Waals surface area (Å²) in [6.45, 7) is 4.45. The quantitative estimate of drug-likeness (QED) is 0.786. The van der Waals surface area contributed by atoms with Gasteiger partial charge in [-0.1, -0.05) is 51.1 Å². The first-order valence-electron chi connectivity index (χ1n) is 6.55. The minimum absolute atomic E-state index is 0.0366. The molecule has 2 unspecified atom stereocenters. The molecule has 17 heavy (non-hydrogen) atoms. The van der Waals surface area contributed by atoms with Crippen LogP contribution in [0.25, 0.3) is 0 Å². The Bertz CT molecular complexity index is 328. The highest BCUT2D eigenvalue weighted by Gasteiger charge is 2.16. The van der Waals surface area contributed by atoms with Crippen molar-refractivity contribution in [1.29, 1.82) is 0 Å². The third-order valence-corrected chi connectivity index (χ3v) is 3.59. The number of hydrogen-bond donors (Lipinski definition) is 1. The van der Waals surface area contributed by atoms with Crippen molar-refractivity contribution in [3.8, 4) is 0 Å². The van der Waals surface area contributed by atoms with Crippen LogP contribution in [0.5, 0.6) is 0 Å². The van der Waals surface area contributed by atoms with Crippen LogP contribution in [-0.4, -0.2) is 4.98 Å². The Hall–Kier alpha value is -0.600. The van der Waals surface area contributed by atoms with E-state index in [4.69, 9.17) is 17.3 Å². The first-order chi connectivity index (χ1) is 8.19. The van der Waals surface area contributed by atoms with Crippen LogP contribution >= 0.6 is 11.6 Å². The molecule has 0 spiro atoms. The van der Waals surface area contributed by atoms with Gasteiger partial charge in [0.1, 0.15) is 0 Å². The molecule has 0 aliphatic carbocycles. The fourth-order valence-corrected chi connectivity index (χ4v) is 2.38. The summed E-state index contributed by atoms with van der Waals surface area (Å²) in [5, 5.41) is 0.686. The summed E-state index contributed by atoms with van der Waals surface area (Å²) in [6.07, 6.45) is 7.70. The van der Waals surface area contributed by atoms with E-state index in [1.165, 1.54) is 25.7 Å². The Morgan fingerprint density at radius 2 is 2.18 bits per heavy atom. The summed E-state index contributed by atoms with van der Waals surface area (Å²) in [6, 6.07) is 3.66. The van der Waals surface area contributed by atoms with E-state index in [0.29, 0.717) is 10.9 Å². The summed E-state index contributed by atoms with van der Waals surface area (Å²) >= 11 is 6.11. The lowest BCUT2D eigenvalue weighted by Crippen LogP contribution is -2.17. The maximum atomic E-state index is 6.20. The van der Waals surface area contributed by atoms with Gasteiger partial charge < -0.3 is 5.73 Å². The van der Waals surface area contributed by atoms with Crippen molar-refractivity contribution in [3.05, 3.63) is 29.0 Å². The zero-order valence-corrected chi connectivity index (χ0v) is 11.6. The fourth-order valence-electron chi connectivity index (χ4n) is 2.12. The molecule has 0 aliphatic heterocycles. The third kappa shape index (κ3) is 4.64. The van der Waals surface area contributed by atoms with E-state index in [-0.39, 0.29) is 6.04 Å². The molecule has 0 aliphatic rings.